The molecule has 0 fully saturated rings. The molecule has 1 unspecified atom stereocenters. The van der Waals surface area contributed by atoms with Gasteiger partial charge in [0.1, 0.15) is 0 Å². The van der Waals surface area contributed by atoms with Gasteiger partial charge < -0.3 is 20.3 Å². The molecule has 0 aromatic heterocycles. The van der Waals surface area contributed by atoms with Crippen molar-refractivity contribution in [3.05, 3.63) is 29.5 Å². The van der Waals surface area contributed by atoms with Crippen LogP contribution in [0.4, 0.5) is 10.5 Å². The highest BCUT2D eigenvalue weighted by Crippen LogP contribution is 2.40. The van der Waals surface area contributed by atoms with E-state index in [4.69, 9.17) is 15.2 Å². The third kappa shape index (κ3) is 2.16. The highest BCUT2D eigenvalue weighted by atomic mass is 16.5. The van der Waals surface area contributed by atoms with Crippen molar-refractivity contribution in [3.8, 4) is 11.5 Å². The summed E-state index contributed by atoms with van der Waals surface area (Å²) in [5, 5.41) is 9.42. The molecule has 2 rings (SSSR count). The number of nitrogens with zero attached hydrogens (tertiary/aromatic N) is 1. The first-order valence-corrected chi connectivity index (χ1v) is 6.20. The lowest BCUT2D eigenvalue weighted by molar-refractivity contribution is 0.102. The SMILES string of the molecule is COc1cc2c(cc1OC)N(C(=O)O)C(C)C(=CN)C2=O. The lowest BCUT2D eigenvalue weighted by Crippen LogP contribution is -2.45. The van der Waals surface area contributed by atoms with Gasteiger partial charge >= 0.3 is 6.09 Å². The van der Waals surface area contributed by atoms with E-state index in [1.165, 1.54) is 26.4 Å². The summed E-state index contributed by atoms with van der Waals surface area (Å²) in [7, 11) is 2.88. The Morgan fingerprint density at radius 3 is 2.38 bits per heavy atom. The van der Waals surface area contributed by atoms with E-state index in [-0.39, 0.29) is 22.6 Å². The minimum Gasteiger partial charge on any atom is -0.493 e. The molecule has 1 aliphatic rings. The van der Waals surface area contributed by atoms with E-state index in [2.05, 4.69) is 0 Å². The first-order chi connectivity index (χ1) is 9.96. The minimum absolute atomic E-state index is 0.213. The summed E-state index contributed by atoms with van der Waals surface area (Å²) < 4.78 is 10.3. The molecule has 0 saturated heterocycles. The summed E-state index contributed by atoms with van der Waals surface area (Å²) in [6.07, 6.45) is -0.0365. The lowest BCUT2D eigenvalue weighted by Gasteiger charge is -2.34. The number of fused-ring (bicyclic) bond motifs is 1. The third-order valence-electron chi connectivity index (χ3n) is 3.49. The van der Waals surface area contributed by atoms with Crippen molar-refractivity contribution in [1.82, 2.24) is 0 Å². The van der Waals surface area contributed by atoms with E-state index in [1.807, 2.05) is 0 Å². The Morgan fingerprint density at radius 2 is 1.90 bits per heavy atom. The van der Waals surface area contributed by atoms with E-state index in [0.29, 0.717) is 11.5 Å². The largest absolute Gasteiger partial charge is 0.493 e. The number of carbonyl (C=O) groups is 2. The Labute approximate surface area is 121 Å². The van der Waals surface area contributed by atoms with Gasteiger partial charge in [0.2, 0.25) is 0 Å². The Kier molecular flexibility index (Phi) is 3.75. The van der Waals surface area contributed by atoms with Gasteiger partial charge in [-0.1, -0.05) is 0 Å². The van der Waals surface area contributed by atoms with Gasteiger partial charge in [0, 0.05) is 17.8 Å². The summed E-state index contributed by atoms with van der Waals surface area (Å²) in [4.78, 5) is 25.0. The van der Waals surface area contributed by atoms with Crippen LogP contribution >= 0.6 is 0 Å². The fourth-order valence-corrected chi connectivity index (χ4v) is 2.43. The quantitative estimate of drug-likeness (QED) is 0.803. The predicted octanol–water partition coefficient (Wildman–Crippen LogP) is 1.62. The molecule has 21 heavy (non-hydrogen) atoms. The fraction of sp³-hybridized carbons (Fsp3) is 0.286. The summed E-state index contributed by atoms with van der Waals surface area (Å²) in [5.74, 6) is 0.377. The summed E-state index contributed by atoms with van der Waals surface area (Å²) in [6.45, 7) is 1.60. The Hall–Kier alpha value is -2.70. The average molecular weight is 292 g/mol. The lowest BCUT2D eigenvalue weighted by atomic mass is 9.90. The summed E-state index contributed by atoms with van der Waals surface area (Å²) in [6, 6.07) is 2.26. The number of amides is 1. The number of Topliss-reactive ketones (excluding diaryl/α,β-unsaturated/α-hetero) is 1. The van der Waals surface area contributed by atoms with Crippen LogP contribution in [0, 0.1) is 0 Å². The number of ether oxygens (including phenoxy) is 2. The van der Waals surface area contributed by atoms with Crippen molar-refractivity contribution >= 4 is 17.6 Å². The van der Waals surface area contributed by atoms with Gasteiger partial charge in [-0.05, 0) is 13.0 Å². The number of rotatable bonds is 2. The van der Waals surface area contributed by atoms with Crippen LogP contribution in [0.15, 0.2) is 23.9 Å². The van der Waals surface area contributed by atoms with Crippen LogP contribution < -0.4 is 20.1 Å². The second kappa shape index (κ2) is 5.35. The topological polar surface area (TPSA) is 102 Å². The summed E-state index contributed by atoms with van der Waals surface area (Å²) >= 11 is 0. The van der Waals surface area contributed by atoms with Crippen LogP contribution in [0.2, 0.25) is 0 Å². The van der Waals surface area contributed by atoms with Crippen LogP contribution in [0.3, 0.4) is 0 Å². The standard InChI is InChI=1S/C14H16N2O5/c1-7-9(6-15)13(17)8-4-11(20-2)12(21-3)5-10(8)16(7)14(18)19/h4-7H,15H2,1-3H3,(H,18,19). The zero-order chi connectivity index (χ0) is 15.7. The van der Waals surface area contributed by atoms with Crippen LogP contribution in [-0.2, 0) is 0 Å². The van der Waals surface area contributed by atoms with Crippen LogP contribution in [0.5, 0.6) is 11.5 Å². The molecule has 112 valence electrons. The molecule has 1 atom stereocenters. The van der Waals surface area contributed by atoms with Gasteiger partial charge in [-0.2, -0.15) is 0 Å². The minimum atomic E-state index is -1.18. The molecule has 1 heterocycles. The monoisotopic (exact) mass is 292 g/mol. The maximum atomic E-state index is 12.4. The molecule has 1 aromatic rings. The molecule has 0 saturated carbocycles. The number of ketones is 1. The van der Waals surface area contributed by atoms with Crippen molar-refractivity contribution in [2.75, 3.05) is 19.1 Å². The van der Waals surface area contributed by atoms with Crippen molar-refractivity contribution in [2.24, 2.45) is 5.73 Å². The molecule has 0 bridgehead atoms. The molecule has 1 aliphatic heterocycles. The zero-order valence-electron chi connectivity index (χ0n) is 11.9. The maximum absolute atomic E-state index is 12.4. The smallest absolute Gasteiger partial charge is 0.412 e. The van der Waals surface area contributed by atoms with E-state index < -0.39 is 12.1 Å². The molecular formula is C14H16N2O5. The van der Waals surface area contributed by atoms with Crippen molar-refractivity contribution in [2.45, 2.75) is 13.0 Å². The molecule has 0 aliphatic carbocycles. The van der Waals surface area contributed by atoms with Crippen LogP contribution in [0.1, 0.15) is 17.3 Å². The molecular weight excluding hydrogens is 276 g/mol. The number of carbonyl (C=O) groups excluding carboxylic acids is 1. The van der Waals surface area contributed by atoms with Gasteiger partial charge in [-0.15, -0.1) is 0 Å². The van der Waals surface area contributed by atoms with Crippen molar-refractivity contribution in [3.63, 3.8) is 0 Å². The number of hydrogen-bond donors (Lipinski definition) is 2. The zero-order valence-corrected chi connectivity index (χ0v) is 11.9. The molecule has 0 spiro atoms. The van der Waals surface area contributed by atoms with E-state index in [9.17, 15) is 14.7 Å². The van der Waals surface area contributed by atoms with Gasteiger partial charge in [-0.3, -0.25) is 9.69 Å². The normalized spacial score (nSPS) is 19.4. The first kappa shape index (κ1) is 14.7. The van der Waals surface area contributed by atoms with E-state index >= 15 is 0 Å². The Balaban J connectivity index is 2.75. The second-order valence-electron chi connectivity index (χ2n) is 4.50. The number of methoxy groups -OCH3 is 2. The number of carboxylic acid groups (broad SMARTS) is 1. The van der Waals surface area contributed by atoms with E-state index in [0.717, 1.165) is 11.1 Å². The molecule has 3 N–H and O–H groups in total. The molecule has 7 heteroatoms. The van der Waals surface area contributed by atoms with Crippen LogP contribution in [-0.4, -0.2) is 37.2 Å². The Bertz CT molecular complexity index is 638. The predicted molar refractivity (Wildman–Crippen MR) is 76.1 cm³/mol. The van der Waals surface area contributed by atoms with Gasteiger partial charge in [0.05, 0.1) is 31.5 Å². The Morgan fingerprint density at radius 1 is 1.33 bits per heavy atom. The maximum Gasteiger partial charge on any atom is 0.412 e. The average Bonchev–Trinajstić information content (AvgIpc) is 2.46. The molecule has 7 nitrogen and oxygen atoms in total. The first-order valence-electron chi connectivity index (χ1n) is 6.20. The summed E-state index contributed by atoms with van der Waals surface area (Å²) in [5.41, 5.74) is 6.16. The highest BCUT2D eigenvalue weighted by molar-refractivity contribution is 6.18. The number of anilines is 1. The van der Waals surface area contributed by atoms with E-state index in [1.54, 1.807) is 6.92 Å². The molecule has 0 radical (unpaired) electrons. The number of nitrogens with two attached hydrogens (primary N) is 1. The van der Waals surface area contributed by atoms with Crippen LogP contribution in [0.25, 0.3) is 0 Å². The number of hydrogen-bond acceptors (Lipinski definition) is 5. The third-order valence-corrected chi connectivity index (χ3v) is 3.49. The van der Waals surface area contributed by atoms with Crippen molar-refractivity contribution < 1.29 is 24.2 Å². The molecule has 1 amide bonds. The second-order valence-corrected chi connectivity index (χ2v) is 4.50. The molecule has 1 aromatic carbocycles. The van der Waals surface area contributed by atoms with Gasteiger partial charge in [0.25, 0.3) is 0 Å². The number of benzene rings is 1. The fourth-order valence-electron chi connectivity index (χ4n) is 2.43. The van der Waals surface area contributed by atoms with Gasteiger partial charge in [0.15, 0.2) is 17.3 Å². The van der Waals surface area contributed by atoms with Crippen molar-refractivity contribution in [1.29, 1.82) is 0 Å². The van der Waals surface area contributed by atoms with Gasteiger partial charge in [-0.25, -0.2) is 4.79 Å². The highest BCUT2D eigenvalue weighted by Gasteiger charge is 2.37.